The van der Waals surface area contributed by atoms with Crippen LogP contribution < -0.4 is 5.73 Å². The van der Waals surface area contributed by atoms with Gasteiger partial charge in [0.05, 0.1) is 22.7 Å². The van der Waals surface area contributed by atoms with E-state index in [1.165, 1.54) is 10.7 Å². The molecule has 9 nitrogen and oxygen atoms in total. The first-order valence-corrected chi connectivity index (χ1v) is 6.12. The van der Waals surface area contributed by atoms with Crippen molar-refractivity contribution in [2.75, 3.05) is 6.54 Å². The summed E-state index contributed by atoms with van der Waals surface area (Å²) in [5.41, 5.74) is 5.99. The van der Waals surface area contributed by atoms with Crippen LogP contribution in [0.15, 0.2) is 24.3 Å². The van der Waals surface area contributed by atoms with Crippen molar-refractivity contribution in [3.8, 4) is 0 Å². The quantitative estimate of drug-likeness (QED) is 0.581. The van der Waals surface area contributed by atoms with Gasteiger partial charge in [-0.05, 0) is 6.54 Å². The number of hydrogen-bond donors (Lipinski definition) is 2. The number of carbonyl (C=O) groups is 1. The lowest BCUT2D eigenvalue weighted by molar-refractivity contribution is -0.385. The van der Waals surface area contributed by atoms with Crippen molar-refractivity contribution >= 4 is 11.7 Å². The van der Waals surface area contributed by atoms with Crippen molar-refractivity contribution in [1.29, 1.82) is 0 Å². The molecule has 0 unspecified atom stereocenters. The van der Waals surface area contributed by atoms with Gasteiger partial charge in [-0.2, -0.15) is 0 Å². The van der Waals surface area contributed by atoms with Crippen LogP contribution in [-0.4, -0.2) is 37.5 Å². The number of aromatic carboxylic acids is 1. The van der Waals surface area contributed by atoms with Crippen LogP contribution in [0, 0.1) is 10.1 Å². The standard InChI is InChI=1S/C12H13N5O4/c13-6-5-10-11(12(18)19)14-15-16(10)7-8-3-1-2-4-9(8)17(20)21/h1-4H,5-7,13H2,(H,18,19). The highest BCUT2D eigenvalue weighted by molar-refractivity contribution is 5.86. The maximum absolute atomic E-state index is 11.1. The van der Waals surface area contributed by atoms with E-state index in [2.05, 4.69) is 10.3 Å². The number of aromatic nitrogens is 3. The summed E-state index contributed by atoms with van der Waals surface area (Å²) in [6.45, 7) is 0.289. The Morgan fingerprint density at radius 3 is 2.76 bits per heavy atom. The second-order valence-corrected chi connectivity index (χ2v) is 4.27. The zero-order valence-corrected chi connectivity index (χ0v) is 11.0. The lowest BCUT2D eigenvalue weighted by Gasteiger charge is -2.06. The minimum atomic E-state index is -1.20. The molecular weight excluding hydrogens is 278 g/mol. The first kappa shape index (κ1) is 14.6. The van der Waals surface area contributed by atoms with Gasteiger partial charge >= 0.3 is 5.97 Å². The first-order valence-electron chi connectivity index (χ1n) is 6.12. The number of nitro benzene ring substituents is 1. The third kappa shape index (κ3) is 3.03. The number of nitro groups is 1. The highest BCUT2D eigenvalue weighted by Crippen LogP contribution is 2.19. The van der Waals surface area contributed by atoms with Gasteiger partial charge in [0.2, 0.25) is 0 Å². The van der Waals surface area contributed by atoms with Crippen LogP contribution in [0.3, 0.4) is 0 Å². The predicted molar refractivity (Wildman–Crippen MR) is 71.9 cm³/mol. The van der Waals surface area contributed by atoms with Gasteiger partial charge in [0.25, 0.3) is 5.69 Å². The minimum Gasteiger partial charge on any atom is -0.476 e. The summed E-state index contributed by atoms with van der Waals surface area (Å²) < 4.78 is 1.33. The van der Waals surface area contributed by atoms with Crippen LogP contribution in [0.1, 0.15) is 21.7 Å². The molecule has 0 amide bonds. The first-order chi connectivity index (χ1) is 10.0. The normalized spacial score (nSPS) is 10.5. The molecule has 2 rings (SSSR count). The Morgan fingerprint density at radius 2 is 2.14 bits per heavy atom. The molecule has 1 aromatic carbocycles. The molecule has 0 aliphatic heterocycles. The molecule has 0 fully saturated rings. The molecule has 0 aliphatic carbocycles. The Balaban J connectivity index is 2.40. The maximum Gasteiger partial charge on any atom is 0.358 e. The van der Waals surface area contributed by atoms with Crippen molar-refractivity contribution in [2.24, 2.45) is 5.73 Å². The zero-order chi connectivity index (χ0) is 15.4. The Bertz CT molecular complexity index is 682. The Labute approximate surface area is 119 Å². The number of para-hydroxylation sites is 1. The molecule has 2 aromatic rings. The summed E-state index contributed by atoms with van der Waals surface area (Å²) in [6.07, 6.45) is 0.273. The second-order valence-electron chi connectivity index (χ2n) is 4.27. The summed E-state index contributed by atoms with van der Waals surface area (Å²) in [5, 5.41) is 27.4. The summed E-state index contributed by atoms with van der Waals surface area (Å²) in [6, 6.07) is 6.20. The van der Waals surface area contributed by atoms with Gasteiger partial charge < -0.3 is 10.8 Å². The molecule has 0 spiro atoms. The van der Waals surface area contributed by atoms with Crippen molar-refractivity contribution in [1.82, 2.24) is 15.0 Å². The van der Waals surface area contributed by atoms with Gasteiger partial charge in [-0.1, -0.05) is 23.4 Å². The number of benzene rings is 1. The summed E-state index contributed by atoms with van der Waals surface area (Å²) in [4.78, 5) is 21.6. The molecule has 1 aromatic heterocycles. The van der Waals surface area contributed by atoms with Gasteiger partial charge in [0.15, 0.2) is 5.69 Å². The number of nitrogens with zero attached hydrogens (tertiary/aromatic N) is 4. The molecule has 0 aliphatic rings. The number of carboxylic acid groups (broad SMARTS) is 1. The summed E-state index contributed by atoms with van der Waals surface area (Å²) in [5.74, 6) is -1.20. The molecule has 3 N–H and O–H groups in total. The van der Waals surface area contributed by atoms with E-state index in [-0.39, 0.29) is 30.9 Å². The van der Waals surface area contributed by atoms with Crippen molar-refractivity contribution in [3.63, 3.8) is 0 Å². The van der Waals surface area contributed by atoms with Crippen molar-refractivity contribution in [3.05, 3.63) is 51.3 Å². The fourth-order valence-corrected chi connectivity index (χ4v) is 1.99. The van der Waals surface area contributed by atoms with E-state index in [0.29, 0.717) is 11.3 Å². The third-order valence-corrected chi connectivity index (χ3v) is 2.93. The fraction of sp³-hybridized carbons (Fsp3) is 0.250. The molecule has 0 saturated heterocycles. The Morgan fingerprint density at radius 1 is 1.43 bits per heavy atom. The number of carboxylic acids is 1. The van der Waals surface area contributed by atoms with Gasteiger partial charge in [-0.3, -0.25) is 10.1 Å². The van der Waals surface area contributed by atoms with E-state index in [1.807, 2.05) is 0 Å². The van der Waals surface area contributed by atoms with E-state index >= 15 is 0 Å². The van der Waals surface area contributed by atoms with E-state index in [4.69, 9.17) is 10.8 Å². The SMILES string of the molecule is NCCc1c(C(=O)O)nnn1Cc1ccccc1[N+](=O)[O-]. The van der Waals surface area contributed by atoms with Crippen molar-refractivity contribution < 1.29 is 14.8 Å². The van der Waals surface area contributed by atoms with Crippen LogP contribution in [0.4, 0.5) is 5.69 Å². The molecular formula is C12H13N5O4. The van der Waals surface area contributed by atoms with Crippen LogP contribution in [0.2, 0.25) is 0 Å². The molecule has 110 valence electrons. The second kappa shape index (κ2) is 6.09. The summed E-state index contributed by atoms with van der Waals surface area (Å²) >= 11 is 0. The lowest BCUT2D eigenvalue weighted by atomic mass is 10.1. The van der Waals surface area contributed by atoms with Crippen LogP contribution in [0.25, 0.3) is 0 Å². The smallest absolute Gasteiger partial charge is 0.358 e. The molecule has 0 atom stereocenters. The average molecular weight is 291 g/mol. The number of rotatable bonds is 6. The molecule has 21 heavy (non-hydrogen) atoms. The zero-order valence-electron chi connectivity index (χ0n) is 11.0. The lowest BCUT2D eigenvalue weighted by Crippen LogP contribution is -2.14. The van der Waals surface area contributed by atoms with Gasteiger partial charge in [-0.25, -0.2) is 9.48 Å². The number of nitrogens with two attached hydrogens (primary N) is 1. The van der Waals surface area contributed by atoms with Crippen LogP contribution in [0.5, 0.6) is 0 Å². The van der Waals surface area contributed by atoms with E-state index in [1.54, 1.807) is 18.2 Å². The summed E-state index contributed by atoms with van der Waals surface area (Å²) in [7, 11) is 0. The average Bonchev–Trinajstić information content (AvgIpc) is 2.83. The topological polar surface area (TPSA) is 137 Å². The molecule has 9 heteroatoms. The van der Waals surface area contributed by atoms with Crippen LogP contribution in [-0.2, 0) is 13.0 Å². The number of hydrogen-bond acceptors (Lipinski definition) is 6. The van der Waals surface area contributed by atoms with Gasteiger partial charge in [0.1, 0.15) is 0 Å². The Kier molecular flexibility index (Phi) is 4.24. The van der Waals surface area contributed by atoms with Gasteiger partial charge in [-0.15, -0.1) is 5.10 Å². The minimum absolute atomic E-state index is 0.0522. The fourth-order valence-electron chi connectivity index (χ4n) is 1.99. The monoisotopic (exact) mass is 291 g/mol. The van der Waals surface area contributed by atoms with E-state index in [9.17, 15) is 14.9 Å². The molecule has 0 bridgehead atoms. The molecule has 0 radical (unpaired) electrons. The van der Waals surface area contributed by atoms with Crippen LogP contribution >= 0.6 is 0 Å². The van der Waals surface area contributed by atoms with E-state index < -0.39 is 10.9 Å². The Hall–Kier alpha value is -2.81. The maximum atomic E-state index is 11.1. The largest absolute Gasteiger partial charge is 0.476 e. The third-order valence-electron chi connectivity index (χ3n) is 2.93. The van der Waals surface area contributed by atoms with Gasteiger partial charge in [0, 0.05) is 12.5 Å². The predicted octanol–water partition coefficient (Wildman–Crippen LogP) is 0.434. The molecule has 1 heterocycles. The van der Waals surface area contributed by atoms with Crippen molar-refractivity contribution in [2.45, 2.75) is 13.0 Å². The highest BCUT2D eigenvalue weighted by Gasteiger charge is 2.20. The highest BCUT2D eigenvalue weighted by atomic mass is 16.6. The van der Waals surface area contributed by atoms with E-state index in [0.717, 1.165) is 0 Å². The molecule has 0 saturated carbocycles.